The van der Waals surface area contributed by atoms with Gasteiger partial charge in [-0.2, -0.15) is 5.10 Å². The molecule has 0 radical (unpaired) electrons. The summed E-state index contributed by atoms with van der Waals surface area (Å²) in [5, 5.41) is 7.71. The van der Waals surface area contributed by atoms with Crippen LogP contribution in [0.25, 0.3) is 16.5 Å². The van der Waals surface area contributed by atoms with Crippen LogP contribution < -0.4 is 10.1 Å². The highest BCUT2D eigenvalue weighted by Gasteiger charge is 2.31. The molecule has 1 aliphatic rings. The Morgan fingerprint density at radius 3 is 2.81 bits per heavy atom. The zero-order chi connectivity index (χ0) is 21.7. The fourth-order valence-electron chi connectivity index (χ4n) is 3.93. The first kappa shape index (κ1) is 19.2. The van der Waals surface area contributed by atoms with Gasteiger partial charge in [0.2, 0.25) is 0 Å². The molecule has 4 heterocycles. The Labute approximate surface area is 178 Å². The smallest absolute Gasteiger partial charge is 0.286 e. The molecule has 5 rings (SSSR count). The first-order valence-corrected chi connectivity index (χ1v) is 10.2. The number of furan rings is 1. The highest BCUT2D eigenvalue weighted by atomic mass is 16.5. The molecule has 1 atom stereocenters. The first-order chi connectivity index (χ1) is 15.0. The highest BCUT2D eigenvalue weighted by molar-refractivity contribution is 5.99. The molecule has 1 fully saturated rings. The van der Waals surface area contributed by atoms with Crippen molar-refractivity contribution in [3.63, 3.8) is 0 Å². The van der Waals surface area contributed by atoms with Crippen LogP contribution in [0, 0.1) is 6.92 Å². The molecule has 8 nitrogen and oxygen atoms in total. The number of fused-ring (bicyclic) bond motifs is 2. The summed E-state index contributed by atoms with van der Waals surface area (Å²) in [6, 6.07) is 9.11. The van der Waals surface area contributed by atoms with Crippen LogP contribution in [0.1, 0.15) is 39.8 Å². The van der Waals surface area contributed by atoms with E-state index in [1.54, 1.807) is 42.2 Å². The highest BCUT2D eigenvalue weighted by Crippen LogP contribution is 2.33. The lowest BCUT2D eigenvalue weighted by Crippen LogP contribution is -2.49. The summed E-state index contributed by atoms with van der Waals surface area (Å²) in [5.74, 6) is 1.12. The van der Waals surface area contributed by atoms with Gasteiger partial charge in [-0.25, -0.2) is 4.52 Å². The number of likely N-dealkylation sites (tertiary alicyclic amines) is 1. The van der Waals surface area contributed by atoms with E-state index in [0.717, 1.165) is 29.4 Å². The van der Waals surface area contributed by atoms with Crippen molar-refractivity contribution in [1.29, 1.82) is 0 Å². The number of aromatic nitrogens is 2. The van der Waals surface area contributed by atoms with Gasteiger partial charge in [0.25, 0.3) is 11.8 Å². The van der Waals surface area contributed by atoms with Crippen molar-refractivity contribution in [2.45, 2.75) is 26.3 Å². The van der Waals surface area contributed by atoms with Crippen molar-refractivity contribution >= 4 is 28.3 Å². The predicted molar refractivity (Wildman–Crippen MR) is 115 cm³/mol. The van der Waals surface area contributed by atoms with Gasteiger partial charge in [0, 0.05) is 43.4 Å². The van der Waals surface area contributed by atoms with E-state index in [1.807, 2.05) is 24.0 Å². The van der Waals surface area contributed by atoms with Crippen molar-refractivity contribution in [1.82, 2.24) is 19.8 Å². The van der Waals surface area contributed by atoms with Crippen LogP contribution in [0.15, 0.2) is 47.1 Å². The molecule has 3 aromatic heterocycles. The van der Waals surface area contributed by atoms with Crippen LogP contribution in [0.4, 0.5) is 0 Å². The number of nitrogens with zero attached hydrogens (tertiary/aromatic N) is 3. The third kappa shape index (κ3) is 3.11. The van der Waals surface area contributed by atoms with E-state index < -0.39 is 0 Å². The standard InChI is InChI=1S/C23H22N4O4/c1-13-7-9-26(13)23(29)17-12-27-21(14(17)2)18(6-8-25-27)30-16-5-4-15-10-20(22(28)24-3)31-19(15)11-16/h4-6,8,10-13H,7,9H2,1-3H3,(H,24,28). The molecule has 1 aliphatic heterocycles. The first-order valence-electron chi connectivity index (χ1n) is 10.2. The van der Waals surface area contributed by atoms with E-state index in [-0.39, 0.29) is 23.6 Å². The average Bonchev–Trinajstić information content (AvgIpc) is 3.33. The van der Waals surface area contributed by atoms with E-state index in [0.29, 0.717) is 22.6 Å². The number of nitrogens with one attached hydrogen (secondary N) is 1. The second-order valence-electron chi connectivity index (χ2n) is 7.78. The number of amides is 2. The summed E-state index contributed by atoms with van der Waals surface area (Å²) in [5.41, 5.74) is 2.75. The summed E-state index contributed by atoms with van der Waals surface area (Å²) in [6.07, 6.45) is 4.43. The zero-order valence-corrected chi connectivity index (χ0v) is 17.5. The molecule has 0 spiro atoms. The van der Waals surface area contributed by atoms with Crippen molar-refractivity contribution in [2.75, 3.05) is 13.6 Å². The molecule has 1 N–H and O–H groups in total. The van der Waals surface area contributed by atoms with E-state index in [4.69, 9.17) is 9.15 Å². The monoisotopic (exact) mass is 418 g/mol. The molecule has 1 saturated heterocycles. The largest absolute Gasteiger partial charge is 0.455 e. The lowest BCUT2D eigenvalue weighted by molar-refractivity contribution is 0.0501. The maximum absolute atomic E-state index is 12.9. The summed E-state index contributed by atoms with van der Waals surface area (Å²) < 4.78 is 13.5. The van der Waals surface area contributed by atoms with Crippen LogP contribution in [0.3, 0.4) is 0 Å². The third-order valence-electron chi connectivity index (χ3n) is 5.87. The lowest BCUT2D eigenvalue weighted by atomic mass is 10.0. The molecule has 0 bridgehead atoms. The van der Waals surface area contributed by atoms with Crippen LogP contribution in [0.2, 0.25) is 0 Å². The van der Waals surface area contributed by atoms with Gasteiger partial charge in [0.1, 0.15) is 16.8 Å². The maximum atomic E-state index is 12.9. The van der Waals surface area contributed by atoms with Crippen molar-refractivity contribution in [2.24, 2.45) is 0 Å². The van der Waals surface area contributed by atoms with Crippen molar-refractivity contribution < 1.29 is 18.7 Å². The zero-order valence-electron chi connectivity index (χ0n) is 17.5. The number of rotatable bonds is 4. The van der Waals surface area contributed by atoms with Crippen LogP contribution in [-0.4, -0.2) is 46.0 Å². The van der Waals surface area contributed by atoms with Crippen LogP contribution in [0.5, 0.6) is 11.5 Å². The van der Waals surface area contributed by atoms with E-state index in [9.17, 15) is 9.59 Å². The van der Waals surface area contributed by atoms with Gasteiger partial charge in [-0.05, 0) is 44.0 Å². The van der Waals surface area contributed by atoms with Crippen molar-refractivity contribution in [3.8, 4) is 11.5 Å². The number of ether oxygens (including phenoxy) is 1. The quantitative estimate of drug-likeness (QED) is 0.545. The normalized spacial score (nSPS) is 15.8. The molecule has 4 aromatic rings. The minimum atomic E-state index is -0.285. The summed E-state index contributed by atoms with van der Waals surface area (Å²) in [6.45, 7) is 4.75. The number of benzene rings is 1. The van der Waals surface area contributed by atoms with Gasteiger partial charge in [0.05, 0.1) is 11.8 Å². The molecule has 31 heavy (non-hydrogen) atoms. The fourth-order valence-corrected chi connectivity index (χ4v) is 3.93. The van der Waals surface area contributed by atoms with Gasteiger partial charge in [-0.3, -0.25) is 9.59 Å². The minimum Gasteiger partial charge on any atom is -0.455 e. The SMILES string of the molecule is CNC(=O)c1cc2ccc(Oc3ccnn4cc(C(=O)N5CCC5C)c(C)c34)cc2o1. The third-order valence-corrected chi connectivity index (χ3v) is 5.87. The second-order valence-corrected chi connectivity index (χ2v) is 7.78. The summed E-state index contributed by atoms with van der Waals surface area (Å²) in [4.78, 5) is 26.6. The van der Waals surface area contributed by atoms with E-state index in [1.165, 1.54) is 0 Å². The Morgan fingerprint density at radius 1 is 1.26 bits per heavy atom. The van der Waals surface area contributed by atoms with Gasteiger partial charge < -0.3 is 19.4 Å². The summed E-state index contributed by atoms with van der Waals surface area (Å²) >= 11 is 0. The Hall–Kier alpha value is -3.81. The van der Waals surface area contributed by atoms with E-state index >= 15 is 0 Å². The molecule has 1 aromatic carbocycles. The Morgan fingerprint density at radius 2 is 2.10 bits per heavy atom. The van der Waals surface area contributed by atoms with Crippen molar-refractivity contribution in [3.05, 3.63) is 59.6 Å². The van der Waals surface area contributed by atoms with Crippen LogP contribution in [-0.2, 0) is 0 Å². The second kappa shape index (κ2) is 7.16. The molecule has 1 unspecified atom stereocenters. The topological polar surface area (TPSA) is 89.1 Å². The van der Waals surface area contributed by atoms with Gasteiger partial charge in [0.15, 0.2) is 11.5 Å². The van der Waals surface area contributed by atoms with Gasteiger partial charge in [-0.1, -0.05) is 0 Å². The average molecular weight is 418 g/mol. The Bertz CT molecular complexity index is 1340. The number of hydrogen-bond acceptors (Lipinski definition) is 5. The molecule has 8 heteroatoms. The molecule has 158 valence electrons. The molecule has 0 aliphatic carbocycles. The molecule has 0 saturated carbocycles. The summed E-state index contributed by atoms with van der Waals surface area (Å²) in [7, 11) is 1.56. The van der Waals surface area contributed by atoms with Gasteiger partial charge in [-0.15, -0.1) is 0 Å². The predicted octanol–water partition coefficient (Wildman–Crippen LogP) is 3.78. The molecular weight excluding hydrogens is 396 g/mol. The molecular formula is C23H22N4O4. The van der Waals surface area contributed by atoms with Gasteiger partial charge >= 0.3 is 0 Å². The number of hydrogen-bond donors (Lipinski definition) is 1. The Kier molecular flexibility index (Phi) is 4.43. The number of carbonyl (C=O) groups is 2. The molecule has 2 amide bonds. The number of aryl methyl sites for hydroxylation is 1. The minimum absolute atomic E-state index is 0.0198. The fraction of sp³-hybridized carbons (Fsp3) is 0.261. The van der Waals surface area contributed by atoms with E-state index in [2.05, 4.69) is 17.3 Å². The lowest BCUT2D eigenvalue weighted by Gasteiger charge is -2.38. The Balaban J connectivity index is 1.50. The maximum Gasteiger partial charge on any atom is 0.286 e. The number of carbonyl (C=O) groups excluding carboxylic acids is 2. The van der Waals surface area contributed by atoms with Crippen LogP contribution >= 0.6 is 0 Å².